The van der Waals surface area contributed by atoms with Crippen LogP contribution in [-0.2, 0) is 24.1 Å². The van der Waals surface area contributed by atoms with Gasteiger partial charge in [-0.3, -0.25) is 4.79 Å². The van der Waals surface area contributed by atoms with E-state index in [9.17, 15) is 4.79 Å². The molecule has 0 atom stereocenters. The second-order valence-electron chi connectivity index (χ2n) is 5.35. The molecule has 0 saturated heterocycles. The highest BCUT2D eigenvalue weighted by atomic mass is 79.9. The van der Waals surface area contributed by atoms with Gasteiger partial charge in [-0.2, -0.15) is 0 Å². The summed E-state index contributed by atoms with van der Waals surface area (Å²) in [5.74, 6) is 1.18. The number of hydrogen-bond acceptors (Lipinski definition) is 2. The maximum absolute atomic E-state index is 12.2. The van der Waals surface area contributed by atoms with Crippen LogP contribution in [0.25, 0.3) is 0 Å². The Morgan fingerprint density at radius 1 is 1.19 bits per heavy atom. The zero-order valence-corrected chi connectivity index (χ0v) is 13.4. The fraction of sp³-hybridized carbons (Fsp3) is 0.278. The summed E-state index contributed by atoms with van der Waals surface area (Å²) in [5.41, 5.74) is 3.42. The van der Waals surface area contributed by atoms with Gasteiger partial charge in [-0.25, -0.2) is 0 Å². The molecule has 108 valence electrons. The predicted octanol–water partition coefficient (Wildman–Crippen LogP) is 4.13. The van der Waals surface area contributed by atoms with Crippen LogP contribution in [0.15, 0.2) is 46.9 Å². The van der Waals surface area contributed by atoms with Crippen LogP contribution < -0.4 is 4.74 Å². The minimum Gasteiger partial charge on any atom is -0.493 e. The lowest BCUT2D eigenvalue weighted by atomic mass is 10.00. The fourth-order valence-corrected chi connectivity index (χ4v) is 3.26. The Kier molecular flexibility index (Phi) is 4.39. The molecule has 0 bridgehead atoms. The molecule has 1 aliphatic rings. The van der Waals surface area contributed by atoms with Gasteiger partial charge in [-0.15, -0.1) is 0 Å². The summed E-state index contributed by atoms with van der Waals surface area (Å²) in [6.45, 7) is 0.719. The normalized spacial score (nSPS) is 12.8. The molecule has 0 aromatic heterocycles. The van der Waals surface area contributed by atoms with Crippen molar-refractivity contribution in [3.05, 3.63) is 63.6 Å². The summed E-state index contributed by atoms with van der Waals surface area (Å²) in [5, 5.41) is 0. The summed E-state index contributed by atoms with van der Waals surface area (Å²) in [4.78, 5) is 12.2. The molecule has 3 rings (SSSR count). The van der Waals surface area contributed by atoms with Crippen molar-refractivity contribution < 1.29 is 9.53 Å². The van der Waals surface area contributed by atoms with Gasteiger partial charge >= 0.3 is 0 Å². The lowest BCUT2D eigenvalue weighted by molar-refractivity contribution is -0.118. The highest BCUT2D eigenvalue weighted by molar-refractivity contribution is 9.10. The number of Topliss-reactive ketones (excluding diaryl/α,β-unsaturated/α-hetero) is 1. The topological polar surface area (TPSA) is 26.3 Å². The average Bonchev–Trinajstić information content (AvgIpc) is 2.94. The van der Waals surface area contributed by atoms with Crippen LogP contribution in [0.5, 0.6) is 5.75 Å². The highest BCUT2D eigenvalue weighted by Gasteiger charge is 2.19. The Bertz CT molecular complexity index is 650. The predicted molar refractivity (Wildman–Crippen MR) is 86.8 cm³/mol. The quantitative estimate of drug-likeness (QED) is 0.815. The van der Waals surface area contributed by atoms with Crippen molar-refractivity contribution in [2.75, 3.05) is 6.61 Å². The number of ether oxygens (including phenoxy) is 1. The molecule has 21 heavy (non-hydrogen) atoms. The minimum atomic E-state index is 0.259. The fourth-order valence-electron chi connectivity index (χ4n) is 2.71. The van der Waals surface area contributed by atoms with Gasteiger partial charge in [-0.1, -0.05) is 46.3 Å². The van der Waals surface area contributed by atoms with E-state index in [-0.39, 0.29) is 5.78 Å². The number of halogens is 1. The third-order valence-corrected chi connectivity index (χ3v) is 4.21. The van der Waals surface area contributed by atoms with Crippen molar-refractivity contribution in [2.24, 2.45) is 0 Å². The van der Waals surface area contributed by atoms with Crippen LogP contribution in [0, 0.1) is 0 Å². The molecule has 2 aromatic rings. The van der Waals surface area contributed by atoms with Crippen LogP contribution in [0.1, 0.15) is 23.1 Å². The molecular weight excluding hydrogens is 328 g/mol. The van der Waals surface area contributed by atoms with Crippen LogP contribution >= 0.6 is 15.9 Å². The summed E-state index contributed by atoms with van der Waals surface area (Å²) < 4.78 is 6.70. The molecular formula is C18H17BrO2. The molecule has 3 heteroatoms. The zero-order chi connectivity index (χ0) is 14.7. The molecule has 0 radical (unpaired) electrons. The second kappa shape index (κ2) is 6.44. The molecule has 2 aromatic carbocycles. The average molecular weight is 345 g/mol. The van der Waals surface area contributed by atoms with E-state index < -0.39 is 0 Å². The SMILES string of the molecule is O=C(CCc1ccccc1)Cc1cc(Br)cc2c1OCC2. The van der Waals surface area contributed by atoms with E-state index in [0.29, 0.717) is 12.8 Å². The van der Waals surface area contributed by atoms with Crippen molar-refractivity contribution in [1.82, 2.24) is 0 Å². The molecule has 2 nitrogen and oxygen atoms in total. The van der Waals surface area contributed by atoms with Gasteiger partial charge in [-0.05, 0) is 29.7 Å². The zero-order valence-electron chi connectivity index (χ0n) is 11.8. The van der Waals surface area contributed by atoms with Crippen molar-refractivity contribution in [3.8, 4) is 5.75 Å². The molecule has 0 spiro atoms. The largest absolute Gasteiger partial charge is 0.493 e. The van der Waals surface area contributed by atoms with Gasteiger partial charge in [0.1, 0.15) is 11.5 Å². The first-order valence-corrected chi connectivity index (χ1v) is 8.01. The first-order valence-electron chi connectivity index (χ1n) is 7.22. The first kappa shape index (κ1) is 14.3. The second-order valence-corrected chi connectivity index (χ2v) is 6.27. The summed E-state index contributed by atoms with van der Waals surface area (Å²) in [7, 11) is 0. The molecule has 0 N–H and O–H groups in total. The van der Waals surface area contributed by atoms with Crippen molar-refractivity contribution >= 4 is 21.7 Å². The maximum atomic E-state index is 12.2. The lowest BCUT2D eigenvalue weighted by Crippen LogP contribution is -2.05. The number of hydrogen-bond donors (Lipinski definition) is 0. The van der Waals surface area contributed by atoms with E-state index >= 15 is 0 Å². The monoisotopic (exact) mass is 344 g/mol. The summed E-state index contributed by atoms with van der Waals surface area (Å²) in [6.07, 6.45) is 2.76. The smallest absolute Gasteiger partial charge is 0.137 e. The number of benzene rings is 2. The number of fused-ring (bicyclic) bond motifs is 1. The molecule has 0 amide bonds. The van der Waals surface area contributed by atoms with E-state index in [0.717, 1.165) is 35.2 Å². The van der Waals surface area contributed by atoms with Gasteiger partial charge in [0.2, 0.25) is 0 Å². The van der Waals surface area contributed by atoms with Gasteiger partial charge < -0.3 is 4.74 Å². The van der Waals surface area contributed by atoms with E-state index in [1.165, 1.54) is 11.1 Å². The number of carbonyl (C=O) groups excluding carboxylic acids is 1. The Hall–Kier alpha value is -1.61. The highest BCUT2D eigenvalue weighted by Crippen LogP contribution is 2.33. The summed E-state index contributed by atoms with van der Waals surface area (Å²) in [6, 6.07) is 14.2. The van der Waals surface area contributed by atoms with E-state index in [2.05, 4.69) is 34.1 Å². The van der Waals surface area contributed by atoms with Crippen LogP contribution in [-0.4, -0.2) is 12.4 Å². The number of aryl methyl sites for hydroxylation is 1. The maximum Gasteiger partial charge on any atom is 0.137 e. The van der Waals surface area contributed by atoms with E-state index in [1.807, 2.05) is 24.3 Å². The van der Waals surface area contributed by atoms with Gasteiger partial charge in [0.05, 0.1) is 6.61 Å². The first-order chi connectivity index (χ1) is 10.2. The Balaban J connectivity index is 1.65. The third kappa shape index (κ3) is 3.53. The van der Waals surface area contributed by atoms with Crippen LogP contribution in [0.3, 0.4) is 0 Å². The van der Waals surface area contributed by atoms with E-state index in [4.69, 9.17) is 4.74 Å². The Morgan fingerprint density at radius 2 is 2.00 bits per heavy atom. The van der Waals surface area contributed by atoms with Crippen molar-refractivity contribution in [2.45, 2.75) is 25.7 Å². The summed E-state index contributed by atoms with van der Waals surface area (Å²) >= 11 is 3.51. The molecule has 0 aliphatic carbocycles. The number of carbonyl (C=O) groups is 1. The lowest BCUT2D eigenvalue weighted by Gasteiger charge is -2.08. The van der Waals surface area contributed by atoms with Crippen molar-refractivity contribution in [3.63, 3.8) is 0 Å². The van der Waals surface area contributed by atoms with Gasteiger partial charge in [0.25, 0.3) is 0 Å². The number of rotatable bonds is 5. The van der Waals surface area contributed by atoms with Gasteiger partial charge in [0.15, 0.2) is 0 Å². The molecule has 0 fully saturated rings. The van der Waals surface area contributed by atoms with E-state index in [1.54, 1.807) is 0 Å². The molecule has 0 saturated carbocycles. The molecule has 1 aliphatic heterocycles. The molecule has 0 unspecified atom stereocenters. The third-order valence-electron chi connectivity index (χ3n) is 3.75. The van der Waals surface area contributed by atoms with Crippen molar-refractivity contribution in [1.29, 1.82) is 0 Å². The minimum absolute atomic E-state index is 0.259. The van der Waals surface area contributed by atoms with Gasteiger partial charge in [0, 0.05) is 29.3 Å². The number of ketones is 1. The molecule has 1 heterocycles. The Labute approximate surface area is 133 Å². The van der Waals surface area contributed by atoms with Crippen LogP contribution in [0.2, 0.25) is 0 Å². The van der Waals surface area contributed by atoms with Crippen LogP contribution in [0.4, 0.5) is 0 Å². The Morgan fingerprint density at radius 3 is 2.81 bits per heavy atom. The standard InChI is InChI=1S/C18H17BrO2/c19-16-10-14-8-9-21-18(14)15(11-16)12-17(20)7-6-13-4-2-1-3-5-13/h1-5,10-11H,6-9,12H2.